The Morgan fingerprint density at radius 2 is 2.00 bits per heavy atom. The number of thiocarbonyl (C=S) groups is 1. The van der Waals surface area contributed by atoms with Crippen molar-refractivity contribution in [3.8, 4) is 0 Å². The lowest BCUT2D eigenvalue weighted by molar-refractivity contribution is 0.348. The van der Waals surface area contributed by atoms with Crippen LogP contribution in [0.1, 0.15) is 31.2 Å². The third kappa shape index (κ3) is 2.37. The molecule has 0 radical (unpaired) electrons. The van der Waals surface area contributed by atoms with Crippen molar-refractivity contribution in [1.82, 2.24) is 0 Å². The van der Waals surface area contributed by atoms with E-state index in [-0.39, 0.29) is 0 Å². The Kier molecular flexibility index (Phi) is 3.25. The minimum atomic E-state index is 0.467. The average Bonchev–Trinajstić information content (AvgIpc) is 2.99. The van der Waals surface area contributed by atoms with Gasteiger partial charge in [-0.1, -0.05) is 18.6 Å². The summed E-state index contributed by atoms with van der Waals surface area (Å²) >= 11 is 4.95. The number of benzene rings is 1. The van der Waals surface area contributed by atoms with Gasteiger partial charge in [0.15, 0.2) is 0 Å². The largest absolute Gasteiger partial charge is 0.389 e. The highest BCUT2D eigenvalue weighted by Crippen LogP contribution is 2.48. The Hall–Kier alpha value is -1.09. The van der Waals surface area contributed by atoms with Gasteiger partial charge in [0.1, 0.15) is 4.99 Å². The molecule has 1 aromatic rings. The van der Waals surface area contributed by atoms with E-state index in [0.29, 0.717) is 4.99 Å². The van der Waals surface area contributed by atoms with E-state index in [2.05, 4.69) is 17.4 Å². The average molecular weight is 260 g/mol. The predicted molar refractivity (Wildman–Crippen MR) is 79.8 cm³/mol. The van der Waals surface area contributed by atoms with Crippen LogP contribution in [0, 0.1) is 17.8 Å². The highest BCUT2D eigenvalue weighted by atomic mass is 32.1. The normalized spacial score (nSPS) is 29.4. The molecule has 0 aliphatic heterocycles. The zero-order chi connectivity index (χ0) is 12.5. The standard InChI is InChI=1S/C15H20N2S/c16-15(18)11-3-5-14(6-4-11)17-9-13-8-10-1-2-12(13)7-10/h3-6,10,12-13,17H,1-2,7-9H2,(H2,16,18). The highest BCUT2D eigenvalue weighted by molar-refractivity contribution is 7.80. The molecule has 2 aliphatic rings. The maximum Gasteiger partial charge on any atom is 0.103 e. The van der Waals surface area contributed by atoms with E-state index in [1.165, 1.54) is 31.4 Å². The summed E-state index contributed by atoms with van der Waals surface area (Å²) in [5.41, 5.74) is 7.71. The number of hydrogen-bond acceptors (Lipinski definition) is 2. The molecule has 3 rings (SSSR count). The summed E-state index contributed by atoms with van der Waals surface area (Å²) in [6.45, 7) is 1.12. The van der Waals surface area contributed by atoms with Crippen LogP contribution >= 0.6 is 12.2 Å². The van der Waals surface area contributed by atoms with E-state index in [4.69, 9.17) is 18.0 Å². The van der Waals surface area contributed by atoms with Crippen LogP contribution in [-0.2, 0) is 0 Å². The number of nitrogens with two attached hydrogens (primary N) is 1. The lowest BCUT2D eigenvalue weighted by atomic mass is 9.89. The predicted octanol–water partition coefficient (Wildman–Crippen LogP) is 3.17. The fraction of sp³-hybridized carbons (Fsp3) is 0.533. The third-order valence-electron chi connectivity index (χ3n) is 4.62. The number of anilines is 1. The molecule has 3 N–H and O–H groups in total. The second-order valence-electron chi connectivity index (χ2n) is 5.76. The molecule has 0 aromatic heterocycles. The molecule has 2 nitrogen and oxygen atoms in total. The van der Waals surface area contributed by atoms with Crippen molar-refractivity contribution < 1.29 is 0 Å². The van der Waals surface area contributed by atoms with Gasteiger partial charge in [-0.25, -0.2) is 0 Å². The summed E-state index contributed by atoms with van der Waals surface area (Å²) in [4.78, 5) is 0.467. The number of rotatable bonds is 4. The van der Waals surface area contributed by atoms with Crippen LogP contribution < -0.4 is 11.1 Å². The van der Waals surface area contributed by atoms with Crippen LogP contribution in [-0.4, -0.2) is 11.5 Å². The lowest BCUT2D eigenvalue weighted by Crippen LogP contribution is -2.20. The SMILES string of the molecule is NC(=S)c1ccc(NCC2CC3CCC2C3)cc1. The van der Waals surface area contributed by atoms with E-state index in [9.17, 15) is 0 Å². The topological polar surface area (TPSA) is 38.0 Å². The summed E-state index contributed by atoms with van der Waals surface area (Å²) in [5.74, 6) is 2.90. The number of nitrogens with one attached hydrogen (secondary N) is 1. The van der Waals surface area contributed by atoms with Gasteiger partial charge in [-0.3, -0.25) is 0 Å². The third-order valence-corrected chi connectivity index (χ3v) is 4.86. The second kappa shape index (κ2) is 4.88. The molecule has 0 saturated heterocycles. The molecule has 1 aromatic carbocycles. The minimum Gasteiger partial charge on any atom is -0.389 e. The maximum absolute atomic E-state index is 5.59. The van der Waals surface area contributed by atoms with Crippen LogP contribution in [0.4, 0.5) is 5.69 Å². The van der Waals surface area contributed by atoms with Crippen LogP contribution in [0.15, 0.2) is 24.3 Å². The molecule has 2 aliphatic carbocycles. The molecule has 2 saturated carbocycles. The van der Waals surface area contributed by atoms with E-state index >= 15 is 0 Å². The molecule has 2 bridgehead atoms. The smallest absolute Gasteiger partial charge is 0.103 e. The Morgan fingerprint density at radius 1 is 1.22 bits per heavy atom. The molecule has 0 heterocycles. The quantitative estimate of drug-likeness (QED) is 0.817. The Bertz CT molecular complexity index is 440. The molecule has 18 heavy (non-hydrogen) atoms. The molecule has 0 spiro atoms. The Balaban J connectivity index is 1.55. The summed E-state index contributed by atoms with van der Waals surface area (Å²) < 4.78 is 0. The van der Waals surface area contributed by atoms with Crippen LogP contribution in [0.3, 0.4) is 0 Å². The molecule has 3 atom stereocenters. The summed E-state index contributed by atoms with van der Waals surface area (Å²) in [6.07, 6.45) is 5.84. The molecule has 96 valence electrons. The van der Waals surface area contributed by atoms with Crippen LogP contribution in [0.5, 0.6) is 0 Å². The lowest BCUT2D eigenvalue weighted by Gasteiger charge is -2.22. The second-order valence-corrected chi connectivity index (χ2v) is 6.20. The first-order chi connectivity index (χ1) is 8.72. The van der Waals surface area contributed by atoms with Crippen LogP contribution in [0.2, 0.25) is 0 Å². The molecule has 3 unspecified atom stereocenters. The van der Waals surface area contributed by atoms with Crippen LogP contribution in [0.25, 0.3) is 0 Å². The van der Waals surface area contributed by atoms with E-state index < -0.39 is 0 Å². The van der Waals surface area contributed by atoms with Gasteiger partial charge in [0.05, 0.1) is 0 Å². The fourth-order valence-electron chi connectivity index (χ4n) is 3.63. The maximum atomic E-state index is 5.59. The van der Waals surface area contributed by atoms with Crippen molar-refractivity contribution in [3.05, 3.63) is 29.8 Å². The van der Waals surface area contributed by atoms with Crippen molar-refractivity contribution in [2.24, 2.45) is 23.5 Å². The van der Waals surface area contributed by atoms with Crippen molar-refractivity contribution in [3.63, 3.8) is 0 Å². The van der Waals surface area contributed by atoms with E-state index in [1.807, 2.05) is 12.1 Å². The molecule has 0 amide bonds. The number of fused-ring (bicyclic) bond motifs is 2. The van der Waals surface area contributed by atoms with E-state index in [0.717, 1.165) is 29.9 Å². The van der Waals surface area contributed by atoms with Gasteiger partial charge in [-0.2, -0.15) is 0 Å². The van der Waals surface area contributed by atoms with Gasteiger partial charge >= 0.3 is 0 Å². The van der Waals surface area contributed by atoms with Gasteiger partial charge in [0, 0.05) is 17.8 Å². The van der Waals surface area contributed by atoms with Crippen molar-refractivity contribution in [1.29, 1.82) is 0 Å². The molecular weight excluding hydrogens is 240 g/mol. The van der Waals surface area contributed by atoms with Gasteiger partial charge in [0.2, 0.25) is 0 Å². The van der Waals surface area contributed by atoms with Gasteiger partial charge in [0.25, 0.3) is 0 Å². The Labute approximate surface area is 114 Å². The summed E-state index contributed by atoms with van der Waals surface area (Å²) in [6, 6.07) is 8.13. The first-order valence-corrected chi connectivity index (χ1v) is 7.27. The van der Waals surface area contributed by atoms with Gasteiger partial charge in [-0.05, 0) is 61.3 Å². The summed E-state index contributed by atoms with van der Waals surface area (Å²) in [7, 11) is 0. The van der Waals surface area contributed by atoms with Gasteiger partial charge < -0.3 is 11.1 Å². The number of hydrogen-bond donors (Lipinski definition) is 2. The first-order valence-electron chi connectivity index (χ1n) is 6.86. The summed E-state index contributed by atoms with van der Waals surface area (Å²) in [5, 5.41) is 3.55. The molecule has 2 fully saturated rings. The van der Waals surface area contributed by atoms with Crippen molar-refractivity contribution >= 4 is 22.9 Å². The van der Waals surface area contributed by atoms with E-state index in [1.54, 1.807) is 0 Å². The highest BCUT2D eigenvalue weighted by Gasteiger charge is 2.38. The first kappa shape index (κ1) is 12.0. The van der Waals surface area contributed by atoms with Gasteiger partial charge in [-0.15, -0.1) is 0 Å². The minimum absolute atomic E-state index is 0.467. The molecular formula is C15H20N2S. The molecule has 3 heteroatoms. The zero-order valence-corrected chi connectivity index (χ0v) is 11.4. The van der Waals surface area contributed by atoms with Crippen molar-refractivity contribution in [2.45, 2.75) is 25.7 Å². The fourth-order valence-corrected chi connectivity index (χ4v) is 3.76. The monoisotopic (exact) mass is 260 g/mol. The Morgan fingerprint density at radius 3 is 2.56 bits per heavy atom. The zero-order valence-electron chi connectivity index (χ0n) is 10.6. The van der Waals surface area contributed by atoms with Crippen molar-refractivity contribution in [2.75, 3.05) is 11.9 Å².